The quantitative estimate of drug-likeness (QED) is 0.112. The van der Waals surface area contributed by atoms with Crippen LogP contribution in [0, 0.1) is 30.2 Å². The number of hydrogen-bond acceptors (Lipinski definition) is 5. The highest BCUT2D eigenvalue weighted by Gasteiger charge is 2.20. The maximum Gasteiger partial charge on any atom is 0.365 e. The summed E-state index contributed by atoms with van der Waals surface area (Å²) in [6.07, 6.45) is 0. The van der Waals surface area contributed by atoms with Crippen molar-refractivity contribution in [3.05, 3.63) is 94.1 Å². The molecule has 0 aromatic heterocycles. The summed E-state index contributed by atoms with van der Waals surface area (Å²) in [4.78, 5) is 17.0. The molecule has 0 heterocycles. The summed E-state index contributed by atoms with van der Waals surface area (Å²) in [7, 11) is 0. The summed E-state index contributed by atoms with van der Waals surface area (Å²) in [6, 6.07) is 10.6. The molecule has 32 heavy (non-hydrogen) atoms. The largest absolute Gasteiger partial charge is 0.483 e. The zero-order valence-corrected chi connectivity index (χ0v) is 16.7. The fraction of sp³-hybridized carbons (Fsp3) is 0.0909. The van der Waals surface area contributed by atoms with E-state index in [0.29, 0.717) is 22.4 Å². The molecule has 0 spiro atoms. The van der Waals surface area contributed by atoms with Crippen molar-refractivity contribution in [2.75, 3.05) is 5.73 Å². The lowest BCUT2D eigenvalue weighted by Crippen LogP contribution is -2.17. The normalized spacial score (nSPS) is 11.3. The first-order valence-corrected chi connectivity index (χ1v) is 9.14. The van der Waals surface area contributed by atoms with Crippen LogP contribution in [-0.4, -0.2) is 11.8 Å². The molecule has 0 aliphatic carbocycles. The highest BCUT2D eigenvalue weighted by molar-refractivity contribution is 6.00. The van der Waals surface area contributed by atoms with Gasteiger partial charge in [0.1, 0.15) is 6.61 Å². The van der Waals surface area contributed by atoms with Crippen LogP contribution in [0.25, 0.3) is 0 Å². The lowest BCUT2D eigenvalue weighted by molar-refractivity contribution is 0.0516. The third-order valence-electron chi connectivity index (χ3n) is 4.52. The van der Waals surface area contributed by atoms with Crippen molar-refractivity contribution in [1.82, 2.24) is 0 Å². The highest BCUT2D eigenvalue weighted by Crippen LogP contribution is 2.27. The molecule has 6 nitrogen and oxygen atoms in total. The van der Waals surface area contributed by atoms with Crippen LogP contribution in [0.5, 0.6) is 5.75 Å². The second-order valence-corrected chi connectivity index (χ2v) is 6.66. The van der Waals surface area contributed by atoms with Gasteiger partial charge in [-0.15, -0.1) is 0 Å². The van der Waals surface area contributed by atoms with Crippen LogP contribution in [0.2, 0.25) is 0 Å². The van der Waals surface area contributed by atoms with Crippen molar-refractivity contribution in [3.8, 4) is 5.75 Å². The van der Waals surface area contributed by atoms with Gasteiger partial charge >= 0.3 is 5.97 Å². The third kappa shape index (κ3) is 4.80. The van der Waals surface area contributed by atoms with E-state index in [9.17, 15) is 22.4 Å². The summed E-state index contributed by atoms with van der Waals surface area (Å²) >= 11 is 0. The van der Waals surface area contributed by atoms with Crippen molar-refractivity contribution in [1.29, 1.82) is 0 Å². The Kier molecular flexibility index (Phi) is 6.62. The van der Waals surface area contributed by atoms with Gasteiger partial charge in [0.2, 0.25) is 11.6 Å². The maximum atomic E-state index is 13.6. The average Bonchev–Trinajstić information content (AvgIpc) is 2.78. The van der Waals surface area contributed by atoms with Crippen LogP contribution in [-0.2, 0) is 11.4 Å². The van der Waals surface area contributed by atoms with Gasteiger partial charge in [0, 0.05) is 17.3 Å². The number of nitrogen functional groups attached to an aromatic ring is 1. The van der Waals surface area contributed by atoms with E-state index in [1.54, 1.807) is 25.1 Å². The number of benzene rings is 3. The standard InChI is InChI=1S/C22H17F4N3O3/c1-11-14(3-2-4-17(11)27)21(28)29-32-22(30)13-7-5-12(6-8-13)10-31-20-18(25)15(23)9-16(24)19(20)26/h2-9H,10,27H2,1H3,(H2,28,29). The fourth-order valence-electron chi connectivity index (χ4n) is 2.69. The number of rotatable bonds is 6. The minimum absolute atomic E-state index is 0.0421. The first-order chi connectivity index (χ1) is 15.2. The van der Waals surface area contributed by atoms with Gasteiger partial charge in [-0.3, -0.25) is 0 Å². The van der Waals surface area contributed by atoms with Crippen molar-refractivity contribution in [2.45, 2.75) is 13.5 Å². The first-order valence-electron chi connectivity index (χ1n) is 9.14. The zero-order chi connectivity index (χ0) is 23.4. The highest BCUT2D eigenvalue weighted by atomic mass is 19.2. The zero-order valence-electron chi connectivity index (χ0n) is 16.7. The maximum absolute atomic E-state index is 13.6. The molecule has 0 saturated carbocycles. The first kappa shape index (κ1) is 22.6. The molecule has 0 saturated heterocycles. The molecule has 0 aliphatic heterocycles. The Hall–Kier alpha value is -4.08. The molecule has 3 rings (SSSR count). The molecular formula is C22H17F4N3O3. The van der Waals surface area contributed by atoms with Gasteiger partial charge in [-0.1, -0.05) is 29.4 Å². The Bertz CT molecular complexity index is 1170. The molecule has 3 aromatic carbocycles. The predicted molar refractivity (Wildman–Crippen MR) is 109 cm³/mol. The van der Waals surface area contributed by atoms with Gasteiger partial charge < -0.3 is 21.0 Å². The minimum Gasteiger partial charge on any atom is -0.483 e. The Morgan fingerprint density at radius 1 is 1.00 bits per heavy atom. The SMILES string of the molecule is Cc1c(N)cccc1/C(N)=N/OC(=O)c1ccc(COc2c(F)c(F)cc(F)c2F)cc1. The number of hydrogen-bond donors (Lipinski definition) is 2. The second-order valence-electron chi connectivity index (χ2n) is 6.66. The monoisotopic (exact) mass is 447 g/mol. The predicted octanol–water partition coefficient (Wildman–Crippen LogP) is 4.19. The molecule has 10 heteroatoms. The third-order valence-corrected chi connectivity index (χ3v) is 4.52. The van der Waals surface area contributed by atoms with E-state index in [0.717, 1.165) is 0 Å². The number of anilines is 1. The molecule has 0 aliphatic rings. The smallest absolute Gasteiger partial charge is 0.365 e. The van der Waals surface area contributed by atoms with E-state index < -0.39 is 41.6 Å². The van der Waals surface area contributed by atoms with E-state index in [-0.39, 0.29) is 17.5 Å². The van der Waals surface area contributed by atoms with Crippen LogP contribution in [0.1, 0.15) is 27.0 Å². The molecule has 0 unspecified atom stereocenters. The molecule has 4 N–H and O–H groups in total. The van der Waals surface area contributed by atoms with Crippen molar-refractivity contribution < 1.29 is 31.9 Å². The van der Waals surface area contributed by atoms with Gasteiger partial charge in [0.25, 0.3) is 0 Å². The van der Waals surface area contributed by atoms with E-state index in [1.165, 1.54) is 24.3 Å². The summed E-state index contributed by atoms with van der Waals surface area (Å²) in [6.45, 7) is 1.33. The van der Waals surface area contributed by atoms with Gasteiger partial charge in [0.05, 0.1) is 5.56 Å². The minimum atomic E-state index is -1.64. The lowest BCUT2D eigenvalue weighted by Gasteiger charge is -2.10. The number of oxime groups is 1. The Balaban J connectivity index is 1.66. The van der Waals surface area contributed by atoms with E-state index in [1.807, 2.05) is 0 Å². The van der Waals surface area contributed by atoms with Crippen LogP contribution in [0.4, 0.5) is 23.2 Å². The van der Waals surface area contributed by atoms with E-state index in [4.69, 9.17) is 21.0 Å². The molecule has 0 bridgehead atoms. The number of ether oxygens (including phenoxy) is 1. The van der Waals surface area contributed by atoms with Gasteiger partial charge in [-0.05, 0) is 36.2 Å². The average molecular weight is 447 g/mol. The molecule has 0 radical (unpaired) electrons. The van der Waals surface area contributed by atoms with Gasteiger partial charge in [-0.2, -0.15) is 8.78 Å². The number of carbonyl (C=O) groups is 1. The van der Waals surface area contributed by atoms with Crippen LogP contribution >= 0.6 is 0 Å². The lowest BCUT2D eigenvalue weighted by atomic mass is 10.1. The number of amidine groups is 1. The number of carbonyl (C=O) groups excluding carboxylic acids is 1. The van der Waals surface area contributed by atoms with Gasteiger partial charge in [0.15, 0.2) is 23.2 Å². The molecule has 0 fully saturated rings. The Morgan fingerprint density at radius 2 is 1.62 bits per heavy atom. The summed E-state index contributed by atoms with van der Waals surface area (Å²) in [5.41, 5.74) is 13.8. The van der Waals surface area contributed by atoms with Crippen molar-refractivity contribution in [2.24, 2.45) is 10.9 Å². The summed E-state index contributed by atoms with van der Waals surface area (Å²) in [5, 5.41) is 3.62. The molecule has 0 atom stereocenters. The topological polar surface area (TPSA) is 99.9 Å². The summed E-state index contributed by atoms with van der Waals surface area (Å²) in [5.74, 6) is -8.47. The van der Waals surface area contributed by atoms with Crippen LogP contribution < -0.4 is 16.2 Å². The fourth-order valence-corrected chi connectivity index (χ4v) is 2.69. The molecule has 3 aromatic rings. The molecule has 166 valence electrons. The van der Waals surface area contributed by atoms with Crippen LogP contribution in [0.3, 0.4) is 0 Å². The second kappa shape index (κ2) is 9.38. The van der Waals surface area contributed by atoms with E-state index >= 15 is 0 Å². The molecule has 0 amide bonds. The number of halogens is 4. The Morgan fingerprint density at radius 3 is 2.25 bits per heavy atom. The van der Waals surface area contributed by atoms with Crippen LogP contribution in [0.15, 0.2) is 53.7 Å². The number of nitrogens with two attached hydrogens (primary N) is 2. The Labute approximate surface area is 180 Å². The van der Waals surface area contributed by atoms with E-state index in [2.05, 4.69) is 5.16 Å². The van der Waals surface area contributed by atoms with Crippen molar-refractivity contribution >= 4 is 17.5 Å². The molecular weight excluding hydrogens is 430 g/mol. The number of nitrogens with zero attached hydrogens (tertiary/aromatic N) is 1. The van der Waals surface area contributed by atoms with Gasteiger partial charge in [-0.25, -0.2) is 13.6 Å². The summed E-state index contributed by atoms with van der Waals surface area (Å²) < 4.78 is 58.6. The van der Waals surface area contributed by atoms with Crippen molar-refractivity contribution in [3.63, 3.8) is 0 Å².